The number of hydrogen-bond donors (Lipinski definition) is 1. The second-order valence-corrected chi connectivity index (χ2v) is 7.65. The van der Waals surface area contributed by atoms with E-state index in [1.54, 1.807) is 4.31 Å². The van der Waals surface area contributed by atoms with E-state index >= 15 is 0 Å². The Morgan fingerprint density at radius 1 is 1.22 bits per heavy atom. The normalized spacial score (nSPS) is 30.6. The SMILES string of the molecule is CC1CC(CN)CN1S(=O)(=O)CC1CCCC1.Cl. The van der Waals surface area contributed by atoms with E-state index in [2.05, 4.69) is 0 Å². The summed E-state index contributed by atoms with van der Waals surface area (Å²) in [5, 5.41) is 0. The lowest BCUT2D eigenvalue weighted by Gasteiger charge is -2.22. The van der Waals surface area contributed by atoms with Gasteiger partial charge in [-0.1, -0.05) is 12.8 Å². The molecule has 1 aliphatic carbocycles. The van der Waals surface area contributed by atoms with Crippen molar-refractivity contribution in [3.05, 3.63) is 0 Å². The van der Waals surface area contributed by atoms with E-state index in [1.165, 1.54) is 12.8 Å². The molecule has 0 spiro atoms. The van der Waals surface area contributed by atoms with Gasteiger partial charge in [-0.2, -0.15) is 4.31 Å². The highest BCUT2D eigenvalue weighted by atomic mass is 35.5. The first-order valence-electron chi connectivity index (χ1n) is 6.72. The van der Waals surface area contributed by atoms with Gasteiger partial charge in [0.25, 0.3) is 0 Å². The first-order chi connectivity index (χ1) is 8.03. The summed E-state index contributed by atoms with van der Waals surface area (Å²) >= 11 is 0. The number of halogens is 1. The van der Waals surface area contributed by atoms with Crippen molar-refractivity contribution < 1.29 is 8.42 Å². The van der Waals surface area contributed by atoms with Gasteiger partial charge in [0.15, 0.2) is 0 Å². The van der Waals surface area contributed by atoms with Crippen molar-refractivity contribution in [3.63, 3.8) is 0 Å². The maximum absolute atomic E-state index is 12.3. The average Bonchev–Trinajstić information content (AvgIpc) is 2.86. The zero-order valence-corrected chi connectivity index (χ0v) is 12.7. The number of nitrogens with zero attached hydrogens (tertiary/aromatic N) is 1. The van der Waals surface area contributed by atoms with Crippen LogP contribution in [0.15, 0.2) is 0 Å². The van der Waals surface area contributed by atoms with Crippen LogP contribution in [0.5, 0.6) is 0 Å². The molecule has 0 aromatic heterocycles. The highest BCUT2D eigenvalue weighted by Gasteiger charge is 2.37. The minimum absolute atomic E-state index is 0. The molecular weight excluding hydrogens is 272 g/mol. The molecule has 1 saturated carbocycles. The first-order valence-corrected chi connectivity index (χ1v) is 8.33. The fourth-order valence-corrected chi connectivity index (χ4v) is 5.43. The average molecular weight is 297 g/mol. The van der Waals surface area contributed by atoms with E-state index in [4.69, 9.17) is 5.73 Å². The molecule has 0 amide bonds. The van der Waals surface area contributed by atoms with Gasteiger partial charge in [0.05, 0.1) is 5.75 Å². The zero-order valence-electron chi connectivity index (χ0n) is 11.0. The van der Waals surface area contributed by atoms with Crippen LogP contribution in [-0.4, -0.2) is 37.6 Å². The molecule has 2 N–H and O–H groups in total. The third kappa shape index (κ3) is 3.59. The van der Waals surface area contributed by atoms with Gasteiger partial charge in [-0.3, -0.25) is 0 Å². The molecule has 1 saturated heterocycles. The highest BCUT2D eigenvalue weighted by Crippen LogP contribution is 2.30. The Balaban J connectivity index is 0.00000162. The van der Waals surface area contributed by atoms with Crippen LogP contribution in [0.1, 0.15) is 39.0 Å². The Morgan fingerprint density at radius 3 is 2.33 bits per heavy atom. The Morgan fingerprint density at radius 2 is 1.83 bits per heavy atom. The number of rotatable bonds is 4. The molecule has 0 aromatic rings. The largest absolute Gasteiger partial charge is 0.330 e. The van der Waals surface area contributed by atoms with Crippen LogP contribution in [-0.2, 0) is 10.0 Å². The monoisotopic (exact) mass is 296 g/mol. The molecule has 6 heteroatoms. The van der Waals surface area contributed by atoms with E-state index in [0.717, 1.165) is 19.3 Å². The molecule has 1 heterocycles. The molecule has 2 rings (SSSR count). The summed E-state index contributed by atoms with van der Waals surface area (Å²) in [6, 6.07) is 0.134. The number of hydrogen-bond acceptors (Lipinski definition) is 3. The third-order valence-electron chi connectivity index (χ3n) is 4.22. The molecule has 2 aliphatic rings. The van der Waals surface area contributed by atoms with Crippen molar-refractivity contribution in [2.45, 2.75) is 45.1 Å². The van der Waals surface area contributed by atoms with Crippen LogP contribution in [0.3, 0.4) is 0 Å². The summed E-state index contributed by atoms with van der Waals surface area (Å²) in [5.41, 5.74) is 5.64. The molecule has 2 fully saturated rings. The van der Waals surface area contributed by atoms with Gasteiger partial charge >= 0.3 is 0 Å². The Hall–Kier alpha value is 0.160. The van der Waals surface area contributed by atoms with Gasteiger partial charge in [0.2, 0.25) is 10.0 Å². The topological polar surface area (TPSA) is 63.4 Å². The lowest BCUT2D eigenvalue weighted by Crippen LogP contribution is -2.37. The fourth-order valence-electron chi connectivity index (χ4n) is 3.24. The molecule has 2 unspecified atom stereocenters. The van der Waals surface area contributed by atoms with Crippen LogP contribution in [0.25, 0.3) is 0 Å². The molecule has 4 nitrogen and oxygen atoms in total. The summed E-state index contributed by atoms with van der Waals surface area (Å²) in [4.78, 5) is 0. The van der Waals surface area contributed by atoms with Crippen LogP contribution in [0.2, 0.25) is 0 Å². The molecule has 0 radical (unpaired) electrons. The second-order valence-electron chi connectivity index (χ2n) is 5.69. The van der Waals surface area contributed by atoms with E-state index in [-0.39, 0.29) is 18.4 Å². The van der Waals surface area contributed by atoms with Crippen molar-refractivity contribution in [1.82, 2.24) is 4.31 Å². The van der Waals surface area contributed by atoms with Crippen LogP contribution in [0, 0.1) is 11.8 Å². The molecule has 0 aromatic carbocycles. The fraction of sp³-hybridized carbons (Fsp3) is 1.00. The van der Waals surface area contributed by atoms with E-state index in [0.29, 0.717) is 30.7 Å². The third-order valence-corrected chi connectivity index (χ3v) is 6.33. The lowest BCUT2D eigenvalue weighted by atomic mass is 10.1. The minimum Gasteiger partial charge on any atom is -0.330 e. The Kier molecular flexibility index (Phi) is 5.90. The van der Waals surface area contributed by atoms with Crippen LogP contribution >= 0.6 is 12.4 Å². The Labute approximate surface area is 117 Å². The van der Waals surface area contributed by atoms with Crippen molar-refractivity contribution in [3.8, 4) is 0 Å². The number of nitrogens with two attached hydrogens (primary N) is 1. The lowest BCUT2D eigenvalue weighted by molar-refractivity contribution is 0.398. The van der Waals surface area contributed by atoms with Crippen molar-refractivity contribution in [2.24, 2.45) is 17.6 Å². The van der Waals surface area contributed by atoms with Gasteiger partial charge in [-0.05, 0) is 44.6 Å². The molecular formula is C12H25ClN2O2S. The molecule has 108 valence electrons. The van der Waals surface area contributed by atoms with E-state index in [1.807, 2.05) is 6.92 Å². The first kappa shape index (κ1) is 16.2. The quantitative estimate of drug-likeness (QED) is 0.857. The van der Waals surface area contributed by atoms with E-state index in [9.17, 15) is 8.42 Å². The number of sulfonamides is 1. The maximum Gasteiger partial charge on any atom is 0.214 e. The predicted molar refractivity (Wildman–Crippen MR) is 76.3 cm³/mol. The molecule has 2 atom stereocenters. The summed E-state index contributed by atoms with van der Waals surface area (Å²) in [6.07, 6.45) is 5.48. The highest BCUT2D eigenvalue weighted by molar-refractivity contribution is 7.89. The summed E-state index contributed by atoms with van der Waals surface area (Å²) in [6.45, 7) is 3.23. The van der Waals surface area contributed by atoms with Crippen molar-refractivity contribution >= 4 is 22.4 Å². The van der Waals surface area contributed by atoms with Gasteiger partial charge < -0.3 is 5.73 Å². The Bertz CT molecular complexity index is 355. The van der Waals surface area contributed by atoms with E-state index < -0.39 is 10.0 Å². The standard InChI is InChI=1S/C12H24N2O2S.ClH/c1-10-6-12(7-13)8-14(10)17(15,16)9-11-4-2-3-5-11;/h10-12H,2-9,13H2,1H3;1H. The van der Waals surface area contributed by atoms with Gasteiger partial charge in [0, 0.05) is 12.6 Å². The summed E-state index contributed by atoms with van der Waals surface area (Å²) in [7, 11) is -3.06. The minimum atomic E-state index is -3.06. The second kappa shape index (κ2) is 6.55. The van der Waals surface area contributed by atoms with Crippen LogP contribution in [0.4, 0.5) is 0 Å². The van der Waals surface area contributed by atoms with Crippen molar-refractivity contribution in [1.29, 1.82) is 0 Å². The molecule has 1 aliphatic heterocycles. The smallest absolute Gasteiger partial charge is 0.214 e. The zero-order chi connectivity index (χ0) is 12.5. The summed E-state index contributed by atoms with van der Waals surface area (Å²) in [5.74, 6) is 1.10. The van der Waals surface area contributed by atoms with Gasteiger partial charge in [-0.15, -0.1) is 12.4 Å². The molecule has 18 heavy (non-hydrogen) atoms. The van der Waals surface area contributed by atoms with Crippen molar-refractivity contribution in [2.75, 3.05) is 18.8 Å². The summed E-state index contributed by atoms with van der Waals surface area (Å²) < 4.78 is 26.4. The van der Waals surface area contributed by atoms with Gasteiger partial charge in [-0.25, -0.2) is 8.42 Å². The van der Waals surface area contributed by atoms with Gasteiger partial charge in [0.1, 0.15) is 0 Å². The van der Waals surface area contributed by atoms with Crippen LogP contribution < -0.4 is 5.73 Å². The molecule has 0 bridgehead atoms. The maximum atomic E-state index is 12.3. The predicted octanol–water partition coefficient (Wildman–Crippen LogP) is 1.60.